The van der Waals surface area contributed by atoms with Crippen molar-refractivity contribution in [2.75, 3.05) is 0 Å². The molecule has 0 amide bonds. The van der Waals surface area contributed by atoms with Crippen molar-refractivity contribution in [3.8, 4) is 11.1 Å². The number of hydrogen-bond donors (Lipinski definition) is 2. The molecular formula is C25H17ClN4O2. The van der Waals surface area contributed by atoms with Gasteiger partial charge in [-0.1, -0.05) is 48.0 Å². The van der Waals surface area contributed by atoms with E-state index >= 15 is 0 Å². The van der Waals surface area contributed by atoms with Gasteiger partial charge in [-0.15, -0.1) is 0 Å². The van der Waals surface area contributed by atoms with Crippen molar-refractivity contribution >= 4 is 45.5 Å². The van der Waals surface area contributed by atoms with Crippen molar-refractivity contribution in [1.82, 2.24) is 19.9 Å². The first kappa shape index (κ1) is 19.9. The summed E-state index contributed by atoms with van der Waals surface area (Å²) < 4.78 is 0. The van der Waals surface area contributed by atoms with Crippen LogP contribution in [-0.4, -0.2) is 25.7 Å². The monoisotopic (exact) mass is 440 g/mol. The van der Waals surface area contributed by atoms with Crippen molar-refractivity contribution in [3.05, 3.63) is 99.2 Å². The molecule has 0 fully saturated rings. The van der Waals surface area contributed by atoms with Gasteiger partial charge in [0.2, 0.25) is 0 Å². The van der Waals surface area contributed by atoms with E-state index in [0.29, 0.717) is 27.4 Å². The molecule has 0 unspecified atom stereocenters. The molecule has 32 heavy (non-hydrogen) atoms. The second-order valence-electron chi connectivity index (χ2n) is 7.46. The van der Waals surface area contributed by atoms with Crippen molar-refractivity contribution in [1.29, 1.82) is 0 Å². The molecule has 0 aliphatic carbocycles. The predicted molar refractivity (Wildman–Crippen MR) is 127 cm³/mol. The smallest absolute Gasteiger partial charge is 0.261 e. The fourth-order valence-corrected chi connectivity index (χ4v) is 3.90. The first-order valence-electron chi connectivity index (χ1n) is 9.95. The number of aromatic nitrogens is 4. The Balaban J connectivity index is 1.65. The van der Waals surface area contributed by atoms with Crippen LogP contribution in [0.1, 0.15) is 21.7 Å². The topological polar surface area (TPSA) is 91.5 Å². The molecule has 5 rings (SSSR count). The second kappa shape index (κ2) is 7.90. The maximum absolute atomic E-state index is 13.2. The average Bonchev–Trinajstić information content (AvgIpc) is 3.19. The quantitative estimate of drug-likeness (QED) is 0.292. The number of nitrogens with zero attached hydrogens (tertiary/aromatic N) is 2. The molecule has 0 saturated carbocycles. The number of carbonyl (C=O) groups is 1. The third-order valence-electron chi connectivity index (χ3n) is 5.19. The number of H-pyrrole nitrogens is 2. The van der Waals surface area contributed by atoms with E-state index in [1.54, 1.807) is 12.1 Å². The summed E-state index contributed by atoms with van der Waals surface area (Å²) in [5.41, 5.74) is 3.88. The van der Waals surface area contributed by atoms with Gasteiger partial charge in [-0.25, -0.2) is 9.97 Å². The largest absolute Gasteiger partial charge is 0.338 e. The fraction of sp³-hybridized carbons (Fsp3) is 0.0400. The lowest BCUT2D eigenvalue weighted by Crippen LogP contribution is -2.19. The zero-order chi connectivity index (χ0) is 22.2. The lowest BCUT2D eigenvalue weighted by atomic mass is 9.95. The first-order valence-corrected chi connectivity index (χ1v) is 10.3. The van der Waals surface area contributed by atoms with Crippen molar-refractivity contribution in [3.63, 3.8) is 0 Å². The van der Waals surface area contributed by atoms with Gasteiger partial charge in [0.25, 0.3) is 5.56 Å². The molecular weight excluding hydrogens is 424 g/mol. The van der Waals surface area contributed by atoms with Gasteiger partial charge in [-0.05, 0) is 48.4 Å². The summed E-state index contributed by atoms with van der Waals surface area (Å²) in [5, 5.41) is 1.01. The maximum Gasteiger partial charge on any atom is 0.261 e. The van der Waals surface area contributed by atoms with Crippen molar-refractivity contribution < 1.29 is 4.79 Å². The van der Waals surface area contributed by atoms with Crippen LogP contribution < -0.4 is 5.56 Å². The number of carbonyl (C=O) groups excluding carboxylic acids is 1. The standard InChI is InChI=1S/C25H17ClN4O2/c1-14-7-8-18-19(11-14)29-21(28-18)10-9-20(31)23-22(15-5-3-2-4-6-15)17-12-16(26)13-27-24(17)30-25(23)32/h2-13H,1H3,(H,28,29)(H,27,30,32)/b10-9+. The summed E-state index contributed by atoms with van der Waals surface area (Å²) in [6.45, 7) is 1.99. The van der Waals surface area contributed by atoms with Crippen LogP contribution in [0.2, 0.25) is 5.02 Å². The number of hydrogen-bond acceptors (Lipinski definition) is 4. The molecule has 0 radical (unpaired) electrons. The van der Waals surface area contributed by atoms with E-state index in [1.165, 1.54) is 12.3 Å². The number of benzene rings is 2. The molecule has 2 N–H and O–H groups in total. The molecule has 0 bridgehead atoms. The summed E-state index contributed by atoms with van der Waals surface area (Å²) >= 11 is 6.17. The Hall–Kier alpha value is -4.03. The number of fused-ring (bicyclic) bond motifs is 2. The van der Waals surface area contributed by atoms with Gasteiger partial charge in [-0.2, -0.15) is 0 Å². The number of rotatable bonds is 4. The van der Waals surface area contributed by atoms with Crippen LogP contribution >= 0.6 is 11.6 Å². The van der Waals surface area contributed by atoms with Crippen LogP contribution in [0, 0.1) is 6.92 Å². The predicted octanol–water partition coefficient (Wildman–Crippen LogP) is 5.32. The Bertz CT molecular complexity index is 1580. The number of pyridine rings is 2. The highest BCUT2D eigenvalue weighted by Gasteiger charge is 2.20. The Morgan fingerprint density at radius 3 is 2.69 bits per heavy atom. The second-order valence-corrected chi connectivity index (χ2v) is 7.90. The molecule has 7 heteroatoms. The number of allylic oxidation sites excluding steroid dienone is 1. The Kier molecular flexibility index (Phi) is 4.92. The van der Waals surface area contributed by atoms with Crippen LogP contribution in [0.15, 0.2) is 71.7 Å². The zero-order valence-corrected chi connectivity index (χ0v) is 17.8. The highest BCUT2D eigenvalue weighted by molar-refractivity contribution is 6.31. The zero-order valence-electron chi connectivity index (χ0n) is 17.0. The molecule has 3 aromatic heterocycles. The third kappa shape index (κ3) is 3.61. The summed E-state index contributed by atoms with van der Waals surface area (Å²) in [6.07, 6.45) is 4.39. The van der Waals surface area contributed by atoms with E-state index in [1.807, 2.05) is 55.5 Å². The molecule has 0 spiro atoms. The van der Waals surface area contributed by atoms with Gasteiger partial charge in [-0.3, -0.25) is 9.59 Å². The number of imidazole rings is 1. The van der Waals surface area contributed by atoms with Gasteiger partial charge in [0.1, 0.15) is 11.5 Å². The van der Waals surface area contributed by atoms with E-state index in [0.717, 1.165) is 22.2 Å². The summed E-state index contributed by atoms with van der Waals surface area (Å²) in [6, 6.07) is 16.8. The van der Waals surface area contributed by atoms with Crippen LogP contribution in [0.5, 0.6) is 0 Å². The van der Waals surface area contributed by atoms with Gasteiger partial charge >= 0.3 is 0 Å². The average molecular weight is 441 g/mol. The molecule has 0 aliphatic heterocycles. The van der Waals surface area contributed by atoms with Crippen LogP contribution in [0.25, 0.3) is 39.3 Å². The summed E-state index contributed by atoms with van der Waals surface area (Å²) in [7, 11) is 0. The van der Waals surface area contributed by atoms with Crippen LogP contribution in [0.4, 0.5) is 0 Å². The molecule has 3 heterocycles. The van der Waals surface area contributed by atoms with Crippen LogP contribution in [0.3, 0.4) is 0 Å². The highest BCUT2D eigenvalue weighted by atomic mass is 35.5. The van der Waals surface area contributed by atoms with E-state index < -0.39 is 11.3 Å². The Labute approximate surface area is 187 Å². The first-order chi connectivity index (χ1) is 15.5. The van der Waals surface area contributed by atoms with Gasteiger partial charge in [0, 0.05) is 17.1 Å². The van der Waals surface area contributed by atoms with E-state index in [2.05, 4.69) is 19.9 Å². The maximum atomic E-state index is 13.2. The third-order valence-corrected chi connectivity index (χ3v) is 5.40. The number of halogens is 1. The lowest BCUT2D eigenvalue weighted by Gasteiger charge is -2.11. The van der Waals surface area contributed by atoms with Gasteiger partial charge in [0.05, 0.1) is 21.6 Å². The molecule has 6 nitrogen and oxygen atoms in total. The molecule has 156 valence electrons. The molecule has 2 aromatic carbocycles. The van der Waals surface area contributed by atoms with Crippen molar-refractivity contribution in [2.45, 2.75) is 6.92 Å². The highest BCUT2D eigenvalue weighted by Crippen LogP contribution is 2.30. The summed E-state index contributed by atoms with van der Waals surface area (Å²) in [5.74, 6) is 0.0887. The number of nitrogens with one attached hydrogen (secondary N) is 2. The Morgan fingerprint density at radius 1 is 1.06 bits per heavy atom. The fourth-order valence-electron chi connectivity index (χ4n) is 3.74. The molecule has 0 atom stereocenters. The number of ketones is 1. The van der Waals surface area contributed by atoms with Crippen molar-refractivity contribution in [2.24, 2.45) is 0 Å². The number of aromatic amines is 2. The number of aryl methyl sites for hydroxylation is 1. The van der Waals surface area contributed by atoms with E-state index in [4.69, 9.17) is 11.6 Å². The van der Waals surface area contributed by atoms with Gasteiger partial charge < -0.3 is 9.97 Å². The SMILES string of the molecule is Cc1ccc2[nH]c(/C=C/C(=O)c3c(-c4ccccc4)c4cc(Cl)cnc4[nH]c3=O)nc2c1. The minimum Gasteiger partial charge on any atom is -0.338 e. The normalized spacial score (nSPS) is 11.6. The van der Waals surface area contributed by atoms with E-state index in [9.17, 15) is 9.59 Å². The molecule has 0 aliphatic rings. The Morgan fingerprint density at radius 2 is 1.88 bits per heavy atom. The molecule has 0 saturated heterocycles. The molecule has 5 aromatic rings. The van der Waals surface area contributed by atoms with E-state index in [-0.39, 0.29) is 5.56 Å². The van der Waals surface area contributed by atoms with Gasteiger partial charge in [0.15, 0.2) is 5.78 Å². The minimum atomic E-state index is -0.513. The minimum absolute atomic E-state index is 0.0240. The lowest BCUT2D eigenvalue weighted by molar-refractivity contribution is 0.104. The van der Waals surface area contributed by atoms with Crippen LogP contribution in [-0.2, 0) is 0 Å². The summed E-state index contributed by atoms with van der Waals surface area (Å²) in [4.78, 5) is 40.7.